The van der Waals surface area contributed by atoms with E-state index in [-0.39, 0.29) is 0 Å². The molecule has 0 radical (unpaired) electrons. The highest BCUT2D eigenvalue weighted by Crippen LogP contribution is 2.23. The lowest BCUT2D eigenvalue weighted by atomic mass is 10.3. The van der Waals surface area contributed by atoms with E-state index in [4.69, 9.17) is 11.6 Å². The molecule has 19 heavy (non-hydrogen) atoms. The van der Waals surface area contributed by atoms with Crippen molar-refractivity contribution in [3.63, 3.8) is 0 Å². The van der Waals surface area contributed by atoms with Crippen molar-refractivity contribution in [3.05, 3.63) is 45.7 Å². The molecule has 0 N–H and O–H groups in total. The van der Waals surface area contributed by atoms with Crippen molar-refractivity contribution in [2.24, 2.45) is 0 Å². The van der Waals surface area contributed by atoms with Gasteiger partial charge in [-0.1, -0.05) is 17.7 Å². The molecule has 0 aromatic carbocycles. The fraction of sp³-hybridized carbons (Fsp3) is 0.357. The summed E-state index contributed by atoms with van der Waals surface area (Å²) in [5.41, 5.74) is 0. The summed E-state index contributed by atoms with van der Waals surface area (Å²) in [4.78, 5) is 10.6. The fourth-order valence-electron chi connectivity index (χ4n) is 2.33. The minimum atomic E-state index is 0.877. The third kappa shape index (κ3) is 3.26. The maximum absolute atomic E-state index is 5.96. The molecule has 3 rings (SSSR count). The second-order valence-corrected chi connectivity index (χ2v) is 6.46. The highest BCUT2D eigenvalue weighted by Gasteiger charge is 2.18. The molecule has 5 heteroatoms. The molecule has 100 valence electrons. The number of nitrogens with zero attached hydrogens (tertiary/aromatic N) is 3. The van der Waals surface area contributed by atoms with Gasteiger partial charge in [-0.05, 0) is 24.3 Å². The first-order valence-corrected chi connectivity index (χ1v) is 7.63. The molecule has 3 nitrogen and oxygen atoms in total. The zero-order valence-corrected chi connectivity index (χ0v) is 12.2. The number of pyridine rings is 1. The van der Waals surface area contributed by atoms with Crippen LogP contribution in [0.1, 0.15) is 4.88 Å². The lowest BCUT2D eigenvalue weighted by Gasteiger charge is -2.35. The van der Waals surface area contributed by atoms with Crippen LogP contribution in [-0.2, 0) is 6.54 Å². The van der Waals surface area contributed by atoms with E-state index in [1.165, 1.54) is 4.88 Å². The Labute approximate surface area is 122 Å². The number of aromatic nitrogens is 1. The van der Waals surface area contributed by atoms with Crippen LogP contribution in [0.15, 0.2) is 36.5 Å². The Balaban J connectivity index is 1.55. The minimum Gasteiger partial charge on any atom is -0.354 e. The lowest BCUT2D eigenvalue weighted by Crippen LogP contribution is -2.46. The van der Waals surface area contributed by atoms with Crippen LogP contribution in [-0.4, -0.2) is 36.1 Å². The smallest absolute Gasteiger partial charge is 0.128 e. The molecule has 1 saturated heterocycles. The predicted octanol–water partition coefficient (Wildman–Crippen LogP) is 3.12. The molecule has 0 bridgehead atoms. The second kappa shape index (κ2) is 5.90. The van der Waals surface area contributed by atoms with Crippen molar-refractivity contribution in [2.45, 2.75) is 6.54 Å². The van der Waals surface area contributed by atoms with Gasteiger partial charge in [-0.15, -0.1) is 11.3 Å². The van der Waals surface area contributed by atoms with Crippen LogP contribution in [0.25, 0.3) is 0 Å². The molecule has 2 aromatic heterocycles. The molecule has 0 aliphatic carbocycles. The van der Waals surface area contributed by atoms with Crippen molar-refractivity contribution in [1.29, 1.82) is 0 Å². The van der Waals surface area contributed by atoms with Gasteiger partial charge in [-0.3, -0.25) is 4.90 Å². The van der Waals surface area contributed by atoms with Gasteiger partial charge in [-0.25, -0.2) is 4.98 Å². The van der Waals surface area contributed by atoms with E-state index in [1.807, 2.05) is 24.4 Å². The van der Waals surface area contributed by atoms with Crippen molar-refractivity contribution in [1.82, 2.24) is 9.88 Å². The third-order valence-corrected chi connectivity index (χ3v) is 4.57. The van der Waals surface area contributed by atoms with Crippen LogP contribution < -0.4 is 4.90 Å². The van der Waals surface area contributed by atoms with Gasteiger partial charge in [0.25, 0.3) is 0 Å². The van der Waals surface area contributed by atoms with Crippen LogP contribution in [0.2, 0.25) is 4.34 Å². The van der Waals surface area contributed by atoms with Gasteiger partial charge >= 0.3 is 0 Å². The maximum atomic E-state index is 5.96. The number of hydrogen-bond donors (Lipinski definition) is 0. The van der Waals surface area contributed by atoms with Crippen LogP contribution >= 0.6 is 22.9 Å². The molecule has 0 spiro atoms. The molecular weight excluding hydrogens is 278 g/mol. The summed E-state index contributed by atoms with van der Waals surface area (Å²) in [5, 5.41) is 0. The monoisotopic (exact) mass is 293 g/mol. The Kier molecular flexibility index (Phi) is 4.01. The zero-order chi connectivity index (χ0) is 13.1. The Bertz CT molecular complexity index is 520. The van der Waals surface area contributed by atoms with Gasteiger partial charge in [-0.2, -0.15) is 0 Å². The van der Waals surface area contributed by atoms with Gasteiger partial charge in [0.05, 0.1) is 4.34 Å². The molecule has 1 aliphatic heterocycles. The summed E-state index contributed by atoms with van der Waals surface area (Å²) in [7, 11) is 0. The minimum absolute atomic E-state index is 0.877. The lowest BCUT2D eigenvalue weighted by molar-refractivity contribution is 0.251. The molecular formula is C14H16ClN3S. The summed E-state index contributed by atoms with van der Waals surface area (Å²) < 4.78 is 0.877. The number of halogens is 1. The predicted molar refractivity (Wildman–Crippen MR) is 81.1 cm³/mol. The second-order valence-electron chi connectivity index (χ2n) is 4.66. The van der Waals surface area contributed by atoms with Gasteiger partial charge in [0.1, 0.15) is 5.82 Å². The van der Waals surface area contributed by atoms with E-state index < -0.39 is 0 Å². The van der Waals surface area contributed by atoms with Crippen molar-refractivity contribution in [3.8, 4) is 0 Å². The van der Waals surface area contributed by atoms with Gasteiger partial charge in [0.15, 0.2) is 0 Å². The Morgan fingerprint density at radius 2 is 1.95 bits per heavy atom. The van der Waals surface area contributed by atoms with Crippen molar-refractivity contribution >= 4 is 28.8 Å². The Hall–Kier alpha value is -1.10. The molecule has 3 heterocycles. The van der Waals surface area contributed by atoms with Crippen LogP contribution in [0, 0.1) is 0 Å². The standard InChI is InChI=1S/C14H16ClN3S/c15-13-5-4-12(19-13)11-17-7-9-18(10-8-17)14-3-1-2-6-16-14/h1-6H,7-11H2. The molecule has 0 atom stereocenters. The topological polar surface area (TPSA) is 19.4 Å². The van der Waals surface area contributed by atoms with Crippen LogP contribution in [0.3, 0.4) is 0 Å². The number of anilines is 1. The molecule has 1 aliphatic rings. The highest BCUT2D eigenvalue weighted by atomic mass is 35.5. The fourth-order valence-corrected chi connectivity index (χ4v) is 3.46. The van der Waals surface area contributed by atoms with E-state index in [0.29, 0.717) is 0 Å². The number of thiophene rings is 1. The molecule has 0 saturated carbocycles. The quantitative estimate of drug-likeness (QED) is 0.867. The third-order valence-electron chi connectivity index (χ3n) is 3.35. The first-order valence-electron chi connectivity index (χ1n) is 6.44. The Morgan fingerprint density at radius 1 is 1.11 bits per heavy atom. The number of rotatable bonds is 3. The van der Waals surface area contributed by atoms with E-state index in [2.05, 4.69) is 26.9 Å². The zero-order valence-electron chi connectivity index (χ0n) is 10.6. The van der Waals surface area contributed by atoms with Crippen LogP contribution in [0.5, 0.6) is 0 Å². The molecule has 1 fully saturated rings. The van der Waals surface area contributed by atoms with Gasteiger partial charge in [0.2, 0.25) is 0 Å². The maximum Gasteiger partial charge on any atom is 0.128 e. The largest absolute Gasteiger partial charge is 0.354 e. The molecule has 2 aromatic rings. The van der Waals surface area contributed by atoms with Gasteiger partial charge < -0.3 is 4.90 Å². The average Bonchev–Trinajstić information content (AvgIpc) is 2.86. The summed E-state index contributed by atoms with van der Waals surface area (Å²) in [6.07, 6.45) is 1.86. The summed E-state index contributed by atoms with van der Waals surface area (Å²) >= 11 is 7.64. The van der Waals surface area contributed by atoms with E-state index in [1.54, 1.807) is 11.3 Å². The van der Waals surface area contributed by atoms with E-state index in [0.717, 1.165) is 42.9 Å². The normalized spacial score (nSPS) is 16.8. The summed E-state index contributed by atoms with van der Waals surface area (Å²) in [6.45, 7) is 5.23. The van der Waals surface area contributed by atoms with Crippen molar-refractivity contribution in [2.75, 3.05) is 31.1 Å². The first-order chi connectivity index (χ1) is 9.31. The molecule has 0 unspecified atom stereocenters. The summed E-state index contributed by atoms with van der Waals surface area (Å²) in [5.74, 6) is 1.08. The molecule has 0 amide bonds. The van der Waals surface area contributed by atoms with E-state index in [9.17, 15) is 0 Å². The number of piperazine rings is 1. The Morgan fingerprint density at radius 3 is 2.58 bits per heavy atom. The highest BCUT2D eigenvalue weighted by molar-refractivity contribution is 7.16. The average molecular weight is 294 g/mol. The first kappa shape index (κ1) is 12.9. The number of hydrogen-bond acceptors (Lipinski definition) is 4. The summed E-state index contributed by atoms with van der Waals surface area (Å²) in [6, 6.07) is 10.2. The SMILES string of the molecule is Clc1ccc(CN2CCN(c3ccccn3)CC2)s1. The van der Waals surface area contributed by atoms with Crippen LogP contribution in [0.4, 0.5) is 5.82 Å². The van der Waals surface area contributed by atoms with Crippen molar-refractivity contribution < 1.29 is 0 Å². The van der Waals surface area contributed by atoms with E-state index >= 15 is 0 Å². The van der Waals surface area contributed by atoms with Gasteiger partial charge in [0, 0.05) is 43.8 Å².